The molecule has 0 aliphatic heterocycles. The second-order valence-corrected chi connectivity index (χ2v) is 7.68. The summed E-state index contributed by atoms with van der Waals surface area (Å²) < 4.78 is 0. The van der Waals surface area contributed by atoms with Gasteiger partial charge in [0.25, 0.3) is 0 Å². The lowest BCUT2D eigenvalue weighted by molar-refractivity contribution is -0.493. The van der Waals surface area contributed by atoms with Gasteiger partial charge in [0.05, 0.1) is 4.92 Å². The molecule has 0 aromatic rings. The summed E-state index contributed by atoms with van der Waals surface area (Å²) in [4.78, 5) is 18.8. The lowest BCUT2D eigenvalue weighted by atomic mass is 9.81. The van der Waals surface area contributed by atoms with Crippen LogP contribution in [0.2, 0.25) is 0 Å². The highest BCUT2D eigenvalue weighted by Gasteiger charge is 2.28. The summed E-state index contributed by atoms with van der Waals surface area (Å²) in [7, 11) is 0. The van der Waals surface area contributed by atoms with E-state index in [4.69, 9.17) is 5.11 Å². The molecule has 0 aromatic heterocycles. The van der Waals surface area contributed by atoms with Gasteiger partial charge in [0.1, 0.15) is 6.10 Å². The number of nitrogens with zero attached hydrogens (tertiary/aromatic N) is 2. The minimum Gasteiger partial charge on any atom is -0.386 e. The zero-order valence-electron chi connectivity index (χ0n) is 15.9. The van der Waals surface area contributed by atoms with E-state index in [1.54, 1.807) is 6.08 Å². The molecule has 7 nitrogen and oxygen atoms in total. The summed E-state index contributed by atoms with van der Waals surface area (Å²) in [6, 6.07) is 0. The second-order valence-electron chi connectivity index (χ2n) is 7.68. The fraction of sp³-hybridized carbons (Fsp3) is 0.905. The maximum Gasteiger partial charge on any atom is 0.230 e. The average Bonchev–Trinajstić information content (AvgIpc) is 2.39. The summed E-state index contributed by atoms with van der Waals surface area (Å²) in [5, 5.41) is 28.8. The molecule has 0 aromatic carbocycles. The van der Waals surface area contributed by atoms with Crippen molar-refractivity contribution >= 4 is 0 Å². The van der Waals surface area contributed by atoms with Crippen molar-refractivity contribution in [3.8, 4) is 0 Å². The van der Waals surface area contributed by atoms with Crippen LogP contribution < -0.4 is 0 Å². The molecule has 3 rings (SSSR count). The number of aliphatic hydroxyl groups is 1. The molecule has 1 atom stereocenters. The zero-order chi connectivity index (χ0) is 19.4. The molecule has 28 heavy (non-hydrogen) atoms. The Bertz CT molecular complexity index is 450. The summed E-state index contributed by atoms with van der Waals surface area (Å²) in [5.74, 6) is 1.82. The molecule has 0 bridgehead atoms. The Kier molecular flexibility index (Phi) is 16.9. The van der Waals surface area contributed by atoms with E-state index in [0.29, 0.717) is 5.92 Å². The molecule has 0 heterocycles. The predicted octanol–water partition coefficient (Wildman–Crippen LogP) is 6.11. The van der Waals surface area contributed by atoms with Gasteiger partial charge in [-0.05, 0) is 49.5 Å². The number of hydrogen-bond acceptors (Lipinski definition) is 5. The van der Waals surface area contributed by atoms with Crippen LogP contribution in [0.1, 0.15) is 93.8 Å². The van der Waals surface area contributed by atoms with Crippen molar-refractivity contribution in [1.82, 2.24) is 0 Å². The van der Waals surface area contributed by atoms with Crippen LogP contribution in [0.4, 0.5) is 0 Å². The van der Waals surface area contributed by atoms with Crippen molar-refractivity contribution in [2.75, 3.05) is 6.54 Å². The van der Waals surface area contributed by atoms with E-state index in [-0.39, 0.29) is 28.7 Å². The van der Waals surface area contributed by atoms with Crippen molar-refractivity contribution in [2.24, 2.45) is 17.8 Å². The first kappa shape index (κ1) is 28.7. The van der Waals surface area contributed by atoms with Crippen LogP contribution in [0, 0.1) is 38.0 Å². The van der Waals surface area contributed by atoms with Gasteiger partial charge in [-0.15, -0.1) is 0 Å². The third kappa shape index (κ3) is 12.8. The van der Waals surface area contributed by atoms with E-state index in [2.05, 4.69) is 6.92 Å². The molecule has 3 saturated carbocycles. The third-order valence-electron chi connectivity index (χ3n) is 5.58. The maximum absolute atomic E-state index is 9.90. The lowest BCUT2D eigenvalue weighted by Gasteiger charge is -2.27. The Balaban J connectivity index is -0.000000337. The van der Waals surface area contributed by atoms with Crippen LogP contribution in [0.5, 0.6) is 0 Å². The van der Waals surface area contributed by atoms with Crippen molar-refractivity contribution in [3.05, 3.63) is 32.5 Å². The normalized spacial score (nSPS) is 19.6. The van der Waals surface area contributed by atoms with Crippen molar-refractivity contribution in [3.63, 3.8) is 0 Å². The first-order valence-electron chi connectivity index (χ1n) is 10.0. The maximum atomic E-state index is 9.90. The molecule has 1 unspecified atom stereocenters. The summed E-state index contributed by atoms with van der Waals surface area (Å²) in [5.41, 5.74) is 0. The molecule has 0 amide bonds. The number of aliphatic hydroxyl groups excluding tert-OH is 1. The van der Waals surface area contributed by atoms with Gasteiger partial charge in [0.2, 0.25) is 12.7 Å². The minimum absolute atomic E-state index is 0. The SMILES string of the molecule is C.C.CCCC1CCC1.O=[N+]([O-])/C=C/C1CCC1.O=[N+]([O-])CC(O)C1CCC1.[2HH]. The fourth-order valence-corrected chi connectivity index (χ4v) is 3.14. The summed E-state index contributed by atoms with van der Waals surface area (Å²) in [6.45, 7) is 1.99. The lowest BCUT2D eigenvalue weighted by Crippen LogP contribution is -2.32. The van der Waals surface area contributed by atoms with E-state index in [9.17, 15) is 20.2 Å². The van der Waals surface area contributed by atoms with Crippen molar-refractivity contribution in [2.45, 2.75) is 98.5 Å². The molecule has 168 valence electrons. The van der Waals surface area contributed by atoms with Gasteiger partial charge in [-0.25, -0.2) is 0 Å². The Hall–Kier alpha value is -1.50. The van der Waals surface area contributed by atoms with E-state index in [1.165, 1.54) is 38.5 Å². The van der Waals surface area contributed by atoms with Crippen LogP contribution in [0.25, 0.3) is 0 Å². The molecule has 3 aliphatic rings. The Morgan fingerprint density at radius 2 is 1.57 bits per heavy atom. The van der Waals surface area contributed by atoms with E-state index < -0.39 is 16.0 Å². The molecule has 1 N–H and O–H groups in total. The number of allylic oxidation sites excluding steroid dienone is 1. The van der Waals surface area contributed by atoms with Crippen LogP contribution in [-0.4, -0.2) is 27.6 Å². The van der Waals surface area contributed by atoms with Gasteiger partial charge in [0.15, 0.2) is 0 Å². The second kappa shape index (κ2) is 16.5. The summed E-state index contributed by atoms with van der Waals surface area (Å²) >= 11 is 0. The highest BCUT2D eigenvalue weighted by atomic mass is 16.6. The summed E-state index contributed by atoms with van der Waals surface area (Å²) in [6.07, 6.45) is 16.0. The fourth-order valence-electron chi connectivity index (χ4n) is 3.14. The quantitative estimate of drug-likeness (QED) is 0.406. The molecule has 0 saturated heterocycles. The molecule has 0 radical (unpaired) electrons. The largest absolute Gasteiger partial charge is 0.386 e. The van der Waals surface area contributed by atoms with Crippen LogP contribution in [-0.2, 0) is 0 Å². The molecule has 3 aliphatic carbocycles. The number of nitro groups is 2. The topological polar surface area (TPSA) is 107 Å². The predicted molar refractivity (Wildman–Crippen MR) is 117 cm³/mol. The van der Waals surface area contributed by atoms with Gasteiger partial charge in [-0.1, -0.05) is 66.7 Å². The smallest absolute Gasteiger partial charge is 0.230 e. The highest BCUT2D eigenvalue weighted by Crippen LogP contribution is 2.30. The first-order chi connectivity index (χ1) is 12.4. The van der Waals surface area contributed by atoms with E-state index >= 15 is 0 Å². The average molecular weight is 406 g/mol. The monoisotopic (exact) mass is 405 g/mol. The highest BCUT2D eigenvalue weighted by molar-refractivity contribution is 4.87. The van der Waals surface area contributed by atoms with Gasteiger partial charge in [-0.2, -0.15) is 0 Å². The van der Waals surface area contributed by atoms with Crippen molar-refractivity contribution < 1.29 is 16.4 Å². The molecular weight excluding hydrogens is 360 g/mol. The molecular formula is C21H44N2O5. The Morgan fingerprint density at radius 1 is 1.04 bits per heavy atom. The van der Waals surface area contributed by atoms with Gasteiger partial charge < -0.3 is 5.11 Å². The Morgan fingerprint density at radius 3 is 1.82 bits per heavy atom. The minimum atomic E-state index is -0.705. The zero-order valence-corrected chi connectivity index (χ0v) is 15.9. The van der Waals surface area contributed by atoms with E-state index in [0.717, 1.165) is 44.2 Å². The van der Waals surface area contributed by atoms with Gasteiger partial charge >= 0.3 is 0 Å². The number of rotatable bonds is 7. The third-order valence-corrected chi connectivity index (χ3v) is 5.58. The van der Waals surface area contributed by atoms with Crippen LogP contribution in [0.3, 0.4) is 0 Å². The number of hydrogen-bond donors (Lipinski definition) is 1. The van der Waals surface area contributed by atoms with Gasteiger partial charge in [0, 0.05) is 6.35 Å². The van der Waals surface area contributed by atoms with E-state index in [1.807, 2.05) is 0 Å². The van der Waals surface area contributed by atoms with Crippen LogP contribution in [0.15, 0.2) is 12.3 Å². The Labute approximate surface area is 172 Å². The molecule has 7 heteroatoms. The van der Waals surface area contributed by atoms with Crippen molar-refractivity contribution in [1.29, 1.82) is 0 Å². The van der Waals surface area contributed by atoms with Crippen LogP contribution >= 0.6 is 0 Å². The standard InChI is InChI=1S/C7H14.C6H11NO3.C6H9NO2.2CH4.H2/c1-2-4-7-5-3-6-7;8-6(4-7(9)10)5-2-1-3-5;8-7(9)5-4-6-2-1-3-6;;;/h7H,2-6H2,1H3;5-6,8H,1-4H2;4-6H,1-3H2;2*1H4;1H/b;;5-4+;;;/i;;;;;1+1. The van der Waals surface area contributed by atoms with Gasteiger partial charge in [-0.3, -0.25) is 20.2 Å². The molecule has 0 spiro atoms. The first-order valence-corrected chi connectivity index (χ1v) is 10.0. The molecule has 3 fully saturated rings.